The van der Waals surface area contributed by atoms with E-state index in [0.717, 1.165) is 27.1 Å². The minimum atomic E-state index is -0.779. The van der Waals surface area contributed by atoms with Crippen molar-refractivity contribution >= 4 is 34.4 Å². The Morgan fingerprint density at radius 2 is 1.78 bits per heavy atom. The fourth-order valence-electron chi connectivity index (χ4n) is 5.41. The first-order chi connectivity index (χ1) is 18.0. The quantitative estimate of drug-likeness (QED) is 0.311. The lowest BCUT2D eigenvalue weighted by Gasteiger charge is -2.36. The van der Waals surface area contributed by atoms with Crippen molar-refractivity contribution in [3.05, 3.63) is 114 Å². The van der Waals surface area contributed by atoms with Crippen molar-refractivity contribution < 1.29 is 18.8 Å². The van der Waals surface area contributed by atoms with E-state index in [9.17, 15) is 18.8 Å². The number of anilines is 1. The van der Waals surface area contributed by atoms with Gasteiger partial charge in [0.15, 0.2) is 0 Å². The molecule has 6 rings (SSSR count). The molecule has 184 valence electrons. The number of hydrogen-bond donors (Lipinski definition) is 2. The molecule has 4 amide bonds. The van der Waals surface area contributed by atoms with Gasteiger partial charge < -0.3 is 10.3 Å². The molecule has 8 heteroatoms. The minimum Gasteiger partial charge on any atom is -0.356 e. The summed E-state index contributed by atoms with van der Waals surface area (Å²) >= 11 is 0. The number of nitrogens with zero attached hydrogens (tertiary/aromatic N) is 2. The zero-order chi connectivity index (χ0) is 25.7. The SMILES string of the molecule is C=CCNC(=O)c1ccccc1N1C(=O)[C@@H]2Cc3c([nH]c4ccccc34)[C@H](c3ccc(F)cc3)N2C1=O. The van der Waals surface area contributed by atoms with Crippen molar-refractivity contribution in [3.63, 3.8) is 0 Å². The van der Waals surface area contributed by atoms with Crippen LogP contribution in [0.3, 0.4) is 0 Å². The Balaban J connectivity index is 1.49. The van der Waals surface area contributed by atoms with Crippen LogP contribution in [0.15, 0.2) is 85.5 Å². The zero-order valence-electron chi connectivity index (χ0n) is 19.8. The number of halogens is 1. The van der Waals surface area contributed by atoms with E-state index in [1.165, 1.54) is 12.1 Å². The number of urea groups is 1. The van der Waals surface area contributed by atoms with Crippen LogP contribution >= 0.6 is 0 Å². The predicted octanol–water partition coefficient (Wildman–Crippen LogP) is 4.71. The van der Waals surface area contributed by atoms with Crippen LogP contribution in [0.4, 0.5) is 14.9 Å². The van der Waals surface area contributed by atoms with Crippen molar-refractivity contribution in [2.75, 3.05) is 11.4 Å². The van der Waals surface area contributed by atoms with Gasteiger partial charge in [0.1, 0.15) is 17.9 Å². The first-order valence-electron chi connectivity index (χ1n) is 12.0. The van der Waals surface area contributed by atoms with Crippen molar-refractivity contribution in [2.24, 2.45) is 0 Å². The molecule has 37 heavy (non-hydrogen) atoms. The summed E-state index contributed by atoms with van der Waals surface area (Å²) in [6, 6.07) is 18.4. The summed E-state index contributed by atoms with van der Waals surface area (Å²) in [5.41, 5.74) is 3.77. The number of benzene rings is 3. The summed E-state index contributed by atoms with van der Waals surface area (Å²) in [7, 11) is 0. The van der Waals surface area contributed by atoms with Crippen molar-refractivity contribution in [2.45, 2.75) is 18.5 Å². The second-order valence-corrected chi connectivity index (χ2v) is 9.12. The number of fused-ring (bicyclic) bond motifs is 4. The molecular formula is C29H23FN4O3. The summed E-state index contributed by atoms with van der Waals surface area (Å²) in [5, 5.41) is 3.69. The number of aromatic nitrogens is 1. The number of amides is 4. The smallest absolute Gasteiger partial charge is 0.332 e. The number of H-pyrrole nitrogens is 1. The second kappa shape index (κ2) is 8.74. The zero-order valence-corrected chi connectivity index (χ0v) is 19.8. The summed E-state index contributed by atoms with van der Waals surface area (Å²) in [4.78, 5) is 46.8. The number of imide groups is 1. The summed E-state index contributed by atoms with van der Waals surface area (Å²) in [6.07, 6.45) is 1.88. The predicted molar refractivity (Wildman–Crippen MR) is 138 cm³/mol. The highest BCUT2D eigenvalue weighted by atomic mass is 19.1. The van der Waals surface area contributed by atoms with Crippen LogP contribution in [0, 0.1) is 5.82 Å². The number of aromatic amines is 1. The lowest BCUT2D eigenvalue weighted by atomic mass is 9.89. The molecule has 0 aliphatic carbocycles. The van der Waals surface area contributed by atoms with Gasteiger partial charge in [-0.3, -0.25) is 14.5 Å². The van der Waals surface area contributed by atoms with E-state index in [4.69, 9.17) is 0 Å². The average molecular weight is 495 g/mol. The molecule has 2 aliphatic heterocycles. The molecule has 0 bridgehead atoms. The fraction of sp³-hybridized carbons (Fsp3) is 0.138. The first kappa shape index (κ1) is 22.7. The van der Waals surface area contributed by atoms with E-state index in [-0.39, 0.29) is 17.8 Å². The van der Waals surface area contributed by atoms with Gasteiger partial charge in [-0.1, -0.05) is 48.5 Å². The molecule has 0 saturated carbocycles. The molecule has 3 heterocycles. The molecule has 2 aliphatic rings. The van der Waals surface area contributed by atoms with Gasteiger partial charge >= 0.3 is 6.03 Å². The highest BCUT2D eigenvalue weighted by molar-refractivity contribution is 6.24. The Morgan fingerprint density at radius 1 is 1.05 bits per heavy atom. The van der Waals surface area contributed by atoms with E-state index in [0.29, 0.717) is 12.0 Å². The van der Waals surface area contributed by atoms with E-state index < -0.39 is 35.7 Å². The highest BCUT2D eigenvalue weighted by Gasteiger charge is 2.53. The number of rotatable bonds is 5. The molecule has 4 aromatic rings. The van der Waals surface area contributed by atoms with Crippen LogP contribution in [-0.2, 0) is 11.2 Å². The summed E-state index contributed by atoms with van der Waals surface area (Å²) in [5.74, 6) is -1.21. The molecular weight excluding hydrogens is 471 g/mol. The van der Waals surface area contributed by atoms with Gasteiger partial charge in [0.25, 0.3) is 11.8 Å². The standard InChI is InChI=1S/C29H23FN4O3/c1-2-15-31-27(35)20-8-4-6-10-23(20)34-28(36)24-16-21-19-7-3-5-9-22(19)32-25(21)26(33(24)29(34)37)17-11-13-18(30)14-12-17/h2-14,24,26,32H,1,15-16H2,(H,31,35)/t24-,26-/m0/s1. The van der Waals surface area contributed by atoms with Gasteiger partial charge in [0.05, 0.1) is 11.3 Å². The third kappa shape index (κ3) is 3.52. The number of carbonyl (C=O) groups is 3. The Hall–Kier alpha value is -4.72. The summed E-state index contributed by atoms with van der Waals surface area (Å²) in [6.45, 7) is 3.86. The highest BCUT2D eigenvalue weighted by Crippen LogP contribution is 2.45. The topological polar surface area (TPSA) is 85.5 Å². The van der Waals surface area contributed by atoms with Crippen LogP contribution in [-0.4, -0.2) is 40.3 Å². The third-order valence-corrected chi connectivity index (χ3v) is 7.03. The third-order valence-electron chi connectivity index (χ3n) is 7.03. The maximum Gasteiger partial charge on any atom is 0.332 e. The fourth-order valence-corrected chi connectivity index (χ4v) is 5.41. The Morgan fingerprint density at radius 3 is 2.57 bits per heavy atom. The van der Waals surface area contributed by atoms with E-state index >= 15 is 0 Å². The van der Waals surface area contributed by atoms with Crippen LogP contribution < -0.4 is 10.2 Å². The van der Waals surface area contributed by atoms with Gasteiger partial charge in [-0.05, 0) is 41.5 Å². The van der Waals surface area contributed by atoms with E-state index in [2.05, 4.69) is 16.9 Å². The maximum absolute atomic E-state index is 14.0. The number of para-hydroxylation sites is 2. The molecule has 1 aromatic heterocycles. The van der Waals surface area contributed by atoms with Crippen LogP contribution in [0.5, 0.6) is 0 Å². The molecule has 3 aromatic carbocycles. The number of carbonyl (C=O) groups excluding carboxylic acids is 3. The van der Waals surface area contributed by atoms with Gasteiger partial charge in [-0.15, -0.1) is 6.58 Å². The van der Waals surface area contributed by atoms with E-state index in [1.54, 1.807) is 47.4 Å². The molecule has 1 fully saturated rings. The Labute approximate surface area is 212 Å². The molecule has 2 atom stereocenters. The first-order valence-corrected chi connectivity index (χ1v) is 12.0. The number of nitrogens with one attached hydrogen (secondary N) is 2. The van der Waals surface area contributed by atoms with Gasteiger partial charge in [-0.25, -0.2) is 14.1 Å². The second-order valence-electron chi connectivity index (χ2n) is 9.12. The van der Waals surface area contributed by atoms with Crippen molar-refractivity contribution in [3.8, 4) is 0 Å². The van der Waals surface area contributed by atoms with Crippen molar-refractivity contribution in [1.29, 1.82) is 0 Å². The lowest BCUT2D eigenvalue weighted by Crippen LogP contribution is -2.44. The molecule has 2 N–H and O–H groups in total. The van der Waals surface area contributed by atoms with Crippen molar-refractivity contribution in [1.82, 2.24) is 15.2 Å². The molecule has 7 nitrogen and oxygen atoms in total. The Kier molecular flexibility index (Phi) is 5.37. The van der Waals surface area contributed by atoms with Crippen LogP contribution in [0.2, 0.25) is 0 Å². The van der Waals surface area contributed by atoms with E-state index in [1.807, 2.05) is 24.3 Å². The minimum absolute atomic E-state index is 0.216. The number of hydrogen-bond acceptors (Lipinski definition) is 3. The lowest BCUT2D eigenvalue weighted by molar-refractivity contribution is -0.120. The monoisotopic (exact) mass is 494 g/mol. The van der Waals surface area contributed by atoms with Crippen LogP contribution in [0.25, 0.3) is 10.9 Å². The van der Waals surface area contributed by atoms with Crippen LogP contribution in [0.1, 0.15) is 33.2 Å². The van der Waals surface area contributed by atoms with Gasteiger partial charge in [0, 0.05) is 29.6 Å². The molecule has 0 spiro atoms. The van der Waals surface area contributed by atoms with Gasteiger partial charge in [0.2, 0.25) is 0 Å². The summed E-state index contributed by atoms with van der Waals surface area (Å²) < 4.78 is 13.8. The molecule has 1 saturated heterocycles. The maximum atomic E-state index is 14.0. The average Bonchev–Trinajstić information content (AvgIpc) is 3.41. The van der Waals surface area contributed by atoms with Gasteiger partial charge in [-0.2, -0.15) is 0 Å². The Bertz CT molecular complexity index is 1580. The molecule has 0 radical (unpaired) electrons. The largest absolute Gasteiger partial charge is 0.356 e. The normalized spacial score (nSPS) is 18.6. The molecule has 0 unspecified atom stereocenters.